The van der Waals surface area contributed by atoms with Gasteiger partial charge in [-0.15, -0.1) is 0 Å². The minimum Gasteiger partial charge on any atom is -0.396 e. The van der Waals surface area contributed by atoms with Crippen LogP contribution in [0, 0.1) is 17.7 Å². The number of carbonyl (C=O) groups is 1. The lowest BCUT2D eigenvalue weighted by Gasteiger charge is -2.30. The molecule has 2 aliphatic rings. The Bertz CT molecular complexity index is 607. The minimum atomic E-state index is -0.471. The third kappa shape index (κ3) is 4.72. The van der Waals surface area contributed by atoms with Gasteiger partial charge < -0.3 is 14.9 Å². The van der Waals surface area contributed by atoms with Crippen molar-refractivity contribution in [1.82, 2.24) is 9.80 Å². The Balaban J connectivity index is 1.58. The van der Waals surface area contributed by atoms with Gasteiger partial charge in [0.1, 0.15) is 5.82 Å². The molecule has 6 heteroatoms. The van der Waals surface area contributed by atoms with Gasteiger partial charge in [-0.05, 0) is 49.5 Å². The number of hydrogen-bond acceptors (Lipinski definition) is 3. The molecule has 0 bridgehead atoms. The van der Waals surface area contributed by atoms with Crippen molar-refractivity contribution < 1.29 is 14.3 Å². The topological polar surface area (TPSA) is 43.8 Å². The third-order valence-electron chi connectivity index (χ3n) is 5.44. The Morgan fingerprint density at radius 1 is 1.20 bits per heavy atom. The minimum absolute atomic E-state index is 0.0160. The van der Waals surface area contributed by atoms with E-state index in [0.29, 0.717) is 19.0 Å². The van der Waals surface area contributed by atoms with E-state index < -0.39 is 5.82 Å². The molecule has 0 spiro atoms. The van der Waals surface area contributed by atoms with Crippen LogP contribution in [0.4, 0.5) is 4.39 Å². The number of rotatable bonds is 5. The number of benzene rings is 1. The van der Waals surface area contributed by atoms with E-state index in [1.165, 1.54) is 31.4 Å². The van der Waals surface area contributed by atoms with Gasteiger partial charge in [0.05, 0.1) is 11.4 Å². The van der Waals surface area contributed by atoms with Crippen LogP contribution in [0.5, 0.6) is 0 Å². The first-order valence-electron chi connectivity index (χ1n) is 9.11. The van der Waals surface area contributed by atoms with Crippen molar-refractivity contribution in [3.05, 3.63) is 34.6 Å². The number of nitrogens with zero attached hydrogens (tertiary/aromatic N) is 2. The Morgan fingerprint density at radius 2 is 1.92 bits per heavy atom. The van der Waals surface area contributed by atoms with E-state index in [0.717, 1.165) is 25.2 Å². The van der Waals surface area contributed by atoms with E-state index in [1.807, 2.05) is 4.90 Å². The highest BCUT2D eigenvalue weighted by atomic mass is 35.5. The van der Waals surface area contributed by atoms with Crippen molar-refractivity contribution >= 4 is 17.5 Å². The van der Waals surface area contributed by atoms with Crippen molar-refractivity contribution in [2.75, 3.05) is 39.3 Å². The zero-order valence-corrected chi connectivity index (χ0v) is 15.2. The molecule has 0 radical (unpaired) electrons. The number of likely N-dealkylation sites (tertiary alicyclic amines) is 2. The number of piperidine rings is 1. The lowest BCUT2D eigenvalue weighted by atomic mass is 9.95. The number of carbonyl (C=O) groups excluding carboxylic acids is 1. The summed E-state index contributed by atoms with van der Waals surface area (Å²) >= 11 is 5.80. The Kier molecular flexibility index (Phi) is 6.31. The van der Waals surface area contributed by atoms with Crippen molar-refractivity contribution in [1.29, 1.82) is 0 Å². The van der Waals surface area contributed by atoms with Crippen LogP contribution in [-0.4, -0.2) is 60.1 Å². The van der Waals surface area contributed by atoms with Crippen LogP contribution >= 0.6 is 11.6 Å². The number of hydrogen-bond donors (Lipinski definition) is 1. The van der Waals surface area contributed by atoms with Gasteiger partial charge in [-0.2, -0.15) is 0 Å². The van der Waals surface area contributed by atoms with E-state index in [2.05, 4.69) is 4.90 Å². The van der Waals surface area contributed by atoms with Crippen molar-refractivity contribution in [3.63, 3.8) is 0 Å². The number of halogens is 2. The molecule has 1 aromatic carbocycles. The average molecular weight is 369 g/mol. The quantitative estimate of drug-likeness (QED) is 0.868. The van der Waals surface area contributed by atoms with E-state index in [9.17, 15) is 14.3 Å². The maximum Gasteiger partial charge on any atom is 0.227 e. The second kappa shape index (κ2) is 8.47. The molecule has 0 unspecified atom stereocenters. The molecule has 1 aromatic rings. The summed E-state index contributed by atoms with van der Waals surface area (Å²) in [6.45, 7) is 4.60. The predicted octanol–water partition coefficient (Wildman–Crippen LogP) is 2.57. The smallest absolute Gasteiger partial charge is 0.227 e. The van der Waals surface area contributed by atoms with Gasteiger partial charge >= 0.3 is 0 Å². The van der Waals surface area contributed by atoms with Crippen LogP contribution in [0.15, 0.2) is 18.2 Å². The molecular weight excluding hydrogens is 343 g/mol. The fourth-order valence-electron chi connectivity index (χ4n) is 3.97. The summed E-state index contributed by atoms with van der Waals surface area (Å²) in [6.07, 6.45) is 4.00. The molecule has 2 fully saturated rings. The van der Waals surface area contributed by atoms with Gasteiger partial charge in [-0.3, -0.25) is 4.79 Å². The zero-order valence-electron chi connectivity index (χ0n) is 14.5. The molecule has 2 heterocycles. The van der Waals surface area contributed by atoms with E-state index in [4.69, 9.17) is 11.6 Å². The summed E-state index contributed by atoms with van der Waals surface area (Å²) in [5.74, 6) is 0.00906. The fraction of sp³-hybridized carbons (Fsp3) is 0.632. The summed E-state index contributed by atoms with van der Waals surface area (Å²) in [7, 11) is 0. The highest BCUT2D eigenvalue weighted by Gasteiger charge is 2.35. The highest BCUT2D eigenvalue weighted by molar-refractivity contribution is 6.30. The molecule has 0 aliphatic carbocycles. The SMILES string of the molecule is O=C(Cc1ccc(F)c(Cl)c1)N1C[C@@H](CO)[C@@H](CN2CCCCC2)C1. The first kappa shape index (κ1) is 18.6. The van der Waals surface area contributed by atoms with Crippen LogP contribution in [0.1, 0.15) is 24.8 Å². The lowest BCUT2D eigenvalue weighted by Crippen LogP contribution is -2.37. The number of aliphatic hydroxyl groups is 1. The van der Waals surface area contributed by atoms with Gasteiger partial charge in [-0.1, -0.05) is 24.1 Å². The zero-order chi connectivity index (χ0) is 17.8. The van der Waals surface area contributed by atoms with Gasteiger partial charge in [-0.25, -0.2) is 4.39 Å². The van der Waals surface area contributed by atoms with E-state index >= 15 is 0 Å². The molecule has 2 atom stereocenters. The van der Waals surface area contributed by atoms with Crippen LogP contribution in [-0.2, 0) is 11.2 Å². The molecule has 1 N–H and O–H groups in total. The second-order valence-corrected chi connectivity index (χ2v) is 7.70. The second-order valence-electron chi connectivity index (χ2n) is 7.29. The van der Waals surface area contributed by atoms with Crippen molar-refractivity contribution in [2.45, 2.75) is 25.7 Å². The maximum absolute atomic E-state index is 13.2. The Labute approximate surface area is 153 Å². The fourth-order valence-corrected chi connectivity index (χ4v) is 4.17. The summed E-state index contributed by atoms with van der Waals surface area (Å²) < 4.78 is 13.2. The molecule has 2 saturated heterocycles. The molecular formula is C19H26ClFN2O2. The number of amides is 1. The molecule has 2 aliphatic heterocycles. The molecule has 138 valence electrons. The van der Waals surface area contributed by atoms with Gasteiger partial charge in [0.2, 0.25) is 5.91 Å². The summed E-state index contributed by atoms with van der Waals surface area (Å²) in [4.78, 5) is 16.9. The lowest BCUT2D eigenvalue weighted by molar-refractivity contribution is -0.129. The average Bonchev–Trinajstić information content (AvgIpc) is 3.02. The van der Waals surface area contributed by atoms with Crippen molar-refractivity contribution in [3.8, 4) is 0 Å². The first-order chi connectivity index (χ1) is 12.1. The van der Waals surface area contributed by atoms with Crippen molar-refractivity contribution in [2.24, 2.45) is 11.8 Å². The Morgan fingerprint density at radius 3 is 2.60 bits per heavy atom. The van der Waals surface area contributed by atoms with E-state index in [1.54, 1.807) is 6.07 Å². The monoisotopic (exact) mass is 368 g/mol. The normalized spacial score (nSPS) is 24.7. The molecule has 3 rings (SSSR count). The Hall–Kier alpha value is -1.17. The summed E-state index contributed by atoms with van der Waals surface area (Å²) in [6, 6.07) is 4.41. The predicted molar refractivity (Wildman–Crippen MR) is 96.1 cm³/mol. The number of aliphatic hydroxyl groups excluding tert-OH is 1. The summed E-state index contributed by atoms with van der Waals surface area (Å²) in [5, 5.41) is 9.75. The van der Waals surface area contributed by atoms with Gasteiger partial charge in [0.15, 0.2) is 0 Å². The highest BCUT2D eigenvalue weighted by Crippen LogP contribution is 2.26. The van der Waals surface area contributed by atoms with Crippen LogP contribution < -0.4 is 0 Å². The molecule has 25 heavy (non-hydrogen) atoms. The van der Waals surface area contributed by atoms with Crippen LogP contribution in [0.3, 0.4) is 0 Å². The molecule has 0 saturated carbocycles. The van der Waals surface area contributed by atoms with Gasteiger partial charge in [0, 0.05) is 32.2 Å². The van der Waals surface area contributed by atoms with Gasteiger partial charge in [0.25, 0.3) is 0 Å². The van der Waals surface area contributed by atoms with Crippen LogP contribution in [0.25, 0.3) is 0 Å². The van der Waals surface area contributed by atoms with Crippen LogP contribution in [0.2, 0.25) is 5.02 Å². The molecule has 4 nitrogen and oxygen atoms in total. The molecule has 1 amide bonds. The molecule has 0 aromatic heterocycles. The third-order valence-corrected chi connectivity index (χ3v) is 5.73. The largest absolute Gasteiger partial charge is 0.396 e. The standard InChI is InChI=1S/C19H26ClFN2O2/c20-17-8-14(4-5-18(17)21)9-19(25)23-11-15(16(12-23)13-24)10-22-6-2-1-3-7-22/h4-5,8,15-16,24H,1-3,6-7,9-13H2/t15-,16-/m0/s1. The van der Waals surface area contributed by atoms with E-state index in [-0.39, 0.29) is 29.9 Å². The summed E-state index contributed by atoms with van der Waals surface area (Å²) in [5.41, 5.74) is 0.719. The first-order valence-corrected chi connectivity index (χ1v) is 9.49. The maximum atomic E-state index is 13.2.